The third-order valence-corrected chi connectivity index (χ3v) is 7.33. The van der Waals surface area contributed by atoms with Crippen molar-refractivity contribution in [1.29, 1.82) is 0 Å². The molecule has 1 heterocycles. The summed E-state index contributed by atoms with van der Waals surface area (Å²) in [4.78, 5) is 24.6. The molecule has 10 nitrogen and oxygen atoms in total. The monoisotopic (exact) mass is 560 g/mol. The highest BCUT2D eigenvalue weighted by atomic mass is 16.6. The molecule has 7 atom stereocenters. The first kappa shape index (κ1) is 32.9. The number of anilines is 1. The normalized spacial score (nSPS) is 32.2. The van der Waals surface area contributed by atoms with Crippen LogP contribution in [0.15, 0.2) is 47.6 Å². The van der Waals surface area contributed by atoms with E-state index in [4.69, 9.17) is 24.7 Å². The number of hydrogen-bond acceptors (Lipinski definition) is 8. The number of hydrogen-bond donors (Lipinski definition) is 4. The lowest BCUT2D eigenvalue weighted by molar-refractivity contribution is -0.112. The molecule has 222 valence electrons. The highest BCUT2D eigenvalue weighted by molar-refractivity contribution is 6.04. The number of phenols is 2. The summed E-state index contributed by atoms with van der Waals surface area (Å²) in [5.41, 5.74) is 6.91. The second-order valence-electron chi connectivity index (χ2n) is 10.5. The van der Waals surface area contributed by atoms with Crippen LogP contribution >= 0.6 is 0 Å². The first-order valence-corrected chi connectivity index (χ1v) is 13.3. The van der Waals surface area contributed by atoms with Crippen molar-refractivity contribution in [2.24, 2.45) is 23.5 Å². The second kappa shape index (κ2) is 14.9. The van der Waals surface area contributed by atoms with Gasteiger partial charge in [0.1, 0.15) is 17.6 Å². The molecular formula is C30H44N2O8. The van der Waals surface area contributed by atoms with E-state index in [0.29, 0.717) is 17.6 Å². The summed E-state index contributed by atoms with van der Waals surface area (Å²) in [6, 6.07) is 2.71. The summed E-state index contributed by atoms with van der Waals surface area (Å²) < 4.78 is 23.0. The van der Waals surface area contributed by atoms with Gasteiger partial charge in [-0.25, -0.2) is 4.79 Å². The molecule has 0 saturated heterocycles. The standard InChI is InChI=1S/C30H44N2O8/c1-16-10-9-11-17(2)29(35)32-23-15-21(33)14-22(25(23)34)27(38-7)20(5)13-24(37-6)28(39-8)19(4)12-18(3)26(16)40-30(31)36/h9-12,14-16,19-20,24,26-28,33-34H,13H2,1-8H3,(H2,31,36)(H,32,35)/b10-9-,17-11+,18-12+. The van der Waals surface area contributed by atoms with E-state index in [0.717, 1.165) is 5.57 Å². The average molecular weight is 561 g/mol. The Morgan fingerprint density at radius 2 is 1.68 bits per heavy atom. The maximum absolute atomic E-state index is 12.9. The summed E-state index contributed by atoms with van der Waals surface area (Å²) >= 11 is 0. The molecule has 10 heteroatoms. The van der Waals surface area contributed by atoms with Crippen LogP contribution in [0, 0.1) is 17.8 Å². The fourth-order valence-corrected chi connectivity index (χ4v) is 5.30. The Hall–Kier alpha value is -3.34. The molecule has 0 spiro atoms. The van der Waals surface area contributed by atoms with E-state index in [1.807, 2.05) is 33.8 Å². The van der Waals surface area contributed by atoms with Gasteiger partial charge < -0.3 is 40.2 Å². The Kier molecular flexibility index (Phi) is 12.2. The molecule has 1 aromatic carbocycles. The van der Waals surface area contributed by atoms with Crippen molar-refractivity contribution in [3.8, 4) is 11.5 Å². The first-order chi connectivity index (χ1) is 18.8. The summed E-state index contributed by atoms with van der Waals surface area (Å²) in [5, 5.41) is 24.2. The molecule has 2 rings (SSSR count). The van der Waals surface area contributed by atoms with E-state index >= 15 is 0 Å². The number of nitrogens with one attached hydrogen (secondary N) is 1. The third-order valence-electron chi connectivity index (χ3n) is 7.33. The summed E-state index contributed by atoms with van der Waals surface area (Å²) in [7, 11) is 4.73. The lowest BCUT2D eigenvalue weighted by Crippen LogP contribution is -2.37. The van der Waals surface area contributed by atoms with Crippen LogP contribution in [-0.4, -0.2) is 61.9 Å². The molecule has 2 amide bonds. The van der Waals surface area contributed by atoms with Crippen LogP contribution in [0.4, 0.5) is 10.5 Å². The number of methoxy groups -OCH3 is 3. The van der Waals surface area contributed by atoms with Gasteiger partial charge in [0.2, 0.25) is 0 Å². The van der Waals surface area contributed by atoms with Gasteiger partial charge in [-0.1, -0.05) is 45.1 Å². The highest BCUT2D eigenvalue weighted by Crippen LogP contribution is 2.42. The lowest BCUT2D eigenvalue weighted by Gasteiger charge is -2.33. The molecule has 0 radical (unpaired) electrons. The molecule has 2 bridgehead atoms. The molecule has 1 aromatic rings. The Labute approximate surface area is 236 Å². The minimum absolute atomic E-state index is 0.0543. The van der Waals surface area contributed by atoms with Gasteiger partial charge in [-0.05, 0) is 37.8 Å². The largest absolute Gasteiger partial charge is 0.508 e. The number of amides is 2. The molecular weight excluding hydrogens is 516 g/mol. The van der Waals surface area contributed by atoms with Gasteiger partial charge >= 0.3 is 6.09 Å². The van der Waals surface area contributed by atoms with Gasteiger partial charge in [-0.15, -0.1) is 0 Å². The zero-order valence-corrected chi connectivity index (χ0v) is 24.6. The number of fused-ring (bicyclic) bond motifs is 2. The molecule has 1 aliphatic heterocycles. The fourth-order valence-electron chi connectivity index (χ4n) is 5.30. The molecule has 7 unspecified atom stereocenters. The molecule has 0 aromatic heterocycles. The topological polar surface area (TPSA) is 150 Å². The van der Waals surface area contributed by atoms with Gasteiger partial charge in [0.15, 0.2) is 0 Å². The van der Waals surface area contributed by atoms with Crippen LogP contribution < -0.4 is 11.1 Å². The van der Waals surface area contributed by atoms with Crippen molar-refractivity contribution in [3.05, 3.63) is 53.1 Å². The predicted molar refractivity (Wildman–Crippen MR) is 153 cm³/mol. The zero-order chi connectivity index (χ0) is 30.1. The fraction of sp³-hybridized carbons (Fsp3) is 0.533. The van der Waals surface area contributed by atoms with E-state index < -0.39 is 24.2 Å². The predicted octanol–water partition coefficient (Wildman–Crippen LogP) is 4.98. The van der Waals surface area contributed by atoms with E-state index in [1.54, 1.807) is 39.4 Å². The van der Waals surface area contributed by atoms with Crippen molar-refractivity contribution in [1.82, 2.24) is 0 Å². The summed E-state index contributed by atoms with van der Waals surface area (Å²) in [6.45, 7) is 9.30. The molecule has 5 N–H and O–H groups in total. The number of carbonyl (C=O) groups excluding carboxylic acids is 2. The van der Waals surface area contributed by atoms with Crippen LogP contribution in [-0.2, 0) is 23.7 Å². The zero-order valence-electron chi connectivity index (χ0n) is 24.6. The Morgan fingerprint density at radius 1 is 1.00 bits per heavy atom. The van der Waals surface area contributed by atoms with Gasteiger partial charge in [-0.3, -0.25) is 4.79 Å². The molecule has 40 heavy (non-hydrogen) atoms. The minimum Gasteiger partial charge on any atom is -0.508 e. The lowest BCUT2D eigenvalue weighted by atomic mass is 9.86. The first-order valence-electron chi connectivity index (χ1n) is 13.3. The Bertz CT molecular complexity index is 1130. The van der Waals surface area contributed by atoms with Gasteiger partial charge in [-0.2, -0.15) is 0 Å². The van der Waals surface area contributed by atoms with Crippen LogP contribution in [0.5, 0.6) is 11.5 Å². The average Bonchev–Trinajstić information content (AvgIpc) is 2.88. The van der Waals surface area contributed by atoms with Crippen LogP contribution in [0.3, 0.4) is 0 Å². The number of phenolic OH excluding ortho intramolecular Hbond substituents is 2. The van der Waals surface area contributed by atoms with Crippen LogP contribution in [0.25, 0.3) is 0 Å². The van der Waals surface area contributed by atoms with Crippen molar-refractivity contribution in [2.75, 3.05) is 26.6 Å². The van der Waals surface area contributed by atoms with Gasteiger partial charge in [0.05, 0.1) is 24.0 Å². The molecule has 0 fully saturated rings. The van der Waals surface area contributed by atoms with Crippen molar-refractivity contribution in [3.63, 3.8) is 0 Å². The maximum atomic E-state index is 12.9. The number of nitrogens with two attached hydrogens (primary N) is 1. The number of primary amides is 1. The minimum atomic E-state index is -0.891. The van der Waals surface area contributed by atoms with E-state index in [9.17, 15) is 19.8 Å². The van der Waals surface area contributed by atoms with E-state index in [2.05, 4.69) is 5.32 Å². The van der Waals surface area contributed by atoms with E-state index in [-0.39, 0.29) is 47.1 Å². The maximum Gasteiger partial charge on any atom is 0.405 e. The number of benzene rings is 1. The second-order valence-corrected chi connectivity index (χ2v) is 10.5. The number of allylic oxidation sites excluding steroid dienone is 2. The van der Waals surface area contributed by atoms with Crippen LogP contribution in [0.1, 0.15) is 52.7 Å². The summed E-state index contributed by atoms with van der Waals surface area (Å²) in [5.74, 6) is -1.43. The Morgan fingerprint density at radius 3 is 2.25 bits per heavy atom. The van der Waals surface area contributed by atoms with Gasteiger partial charge in [0.25, 0.3) is 5.91 Å². The van der Waals surface area contributed by atoms with Crippen molar-refractivity contribution in [2.45, 2.75) is 65.5 Å². The SMILES string of the molecule is COC1CC(C)C(OC)c2cc(O)cc(c2O)NC(=O)/C(C)=C/C=C\C(C)C(OC(N)=O)/C(C)=C/C(C)C1OC. The number of ether oxygens (including phenoxy) is 4. The Balaban J connectivity index is 2.67. The van der Waals surface area contributed by atoms with E-state index in [1.165, 1.54) is 19.2 Å². The third kappa shape index (κ3) is 8.33. The molecule has 0 aliphatic carbocycles. The molecule has 0 saturated carbocycles. The summed E-state index contributed by atoms with van der Waals surface area (Å²) in [6.07, 6.45) is 4.64. The number of carbonyl (C=O) groups is 2. The number of aromatic hydroxyl groups is 2. The molecule has 1 aliphatic rings. The number of rotatable bonds is 4. The van der Waals surface area contributed by atoms with Crippen LogP contribution in [0.2, 0.25) is 0 Å². The smallest absolute Gasteiger partial charge is 0.405 e. The quantitative estimate of drug-likeness (QED) is 0.229. The van der Waals surface area contributed by atoms with Crippen molar-refractivity contribution >= 4 is 17.7 Å². The highest BCUT2D eigenvalue weighted by Gasteiger charge is 2.33. The van der Waals surface area contributed by atoms with Crippen molar-refractivity contribution < 1.29 is 38.7 Å². The van der Waals surface area contributed by atoms with Gasteiger partial charge in [0, 0.05) is 50.4 Å².